The molecule has 0 atom stereocenters. The average Bonchev–Trinajstić information content (AvgIpc) is 1.90. The van der Waals surface area contributed by atoms with Crippen molar-refractivity contribution in [1.82, 2.24) is 4.89 Å². The summed E-state index contributed by atoms with van der Waals surface area (Å²) in [6.07, 6.45) is 1.60. The molecule has 0 bridgehead atoms. The molecule has 8 heavy (non-hydrogen) atoms. The summed E-state index contributed by atoms with van der Waals surface area (Å²) in [6.45, 7) is 0. The summed E-state index contributed by atoms with van der Waals surface area (Å²) >= 11 is 0. The number of nitriles is 1. The van der Waals surface area contributed by atoms with E-state index in [0.717, 1.165) is 0 Å². The predicted octanol–water partition coefficient (Wildman–Crippen LogP) is 0.291. The summed E-state index contributed by atoms with van der Waals surface area (Å²) in [5.41, 5.74) is 0.653. The van der Waals surface area contributed by atoms with Crippen LogP contribution < -0.4 is 0 Å². The molecule has 0 saturated heterocycles. The zero-order valence-corrected chi connectivity index (χ0v) is 4.20. The van der Waals surface area contributed by atoms with Crippen LogP contribution in [-0.4, -0.2) is 11.9 Å². The summed E-state index contributed by atoms with van der Waals surface area (Å²) in [5.74, 6) is 1.67. The van der Waals surface area contributed by atoms with Gasteiger partial charge in [-0.1, -0.05) is 0 Å². The van der Waals surface area contributed by atoms with Crippen molar-refractivity contribution >= 4 is 7.05 Å². The first-order valence-corrected chi connectivity index (χ1v) is 2.23. The van der Waals surface area contributed by atoms with E-state index in [4.69, 9.17) is 5.26 Å². The van der Waals surface area contributed by atoms with Crippen LogP contribution in [0.4, 0.5) is 0 Å². The van der Waals surface area contributed by atoms with Gasteiger partial charge in [0.05, 0.1) is 0 Å². The Hall–Kier alpha value is -1.17. The van der Waals surface area contributed by atoms with E-state index in [9.17, 15) is 0 Å². The van der Waals surface area contributed by atoms with Crippen LogP contribution in [0.25, 0.3) is 0 Å². The topological polar surface area (TPSA) is 36.7 Å². The van der Waals surface area contributed by atoms with Gasteiger partial charge in [-0.2, -0.15) is 0 Å². The third-order valence-electron chi connectivity index (χ3n) is 0.809. The van der Waals surface area contributed by atoms with Crippen molar-refractivity contribution < 1.29 is 0 Å². The third kappa shape index (κ3) is 0.911. The average molecular weight is 102 g/mol. The normalized spacial score (nSPS) is 7.38. The van der Waals surface area contributed by atoms with E-state index < -0.39 is 0 Å². The van der Waals surface area contributed by atoms with Gasteiger partial charge in [0.2, 0.25) is 0 Å². The van der Waals surface area contributed by atoms with Gasteiger partial charge < -0.3 is 0 Å². The molecule has 1 heterocycles. The van der Waals surface area contributed by atoms with Crippen LogP contribution in [0.15, 0.2) is 18.2 Å². The SMILES string of the molecule is N#Cc1cbncc1. The molecular formula is C5H3BN2. The van der Waals surface area contributed by atoms with E-state index in [1.54, 1.807) is 25.3 Å². The zero-order valence-electron chi connectivity index (χ0n) is 4.20. The summed E-state index contributed by atoms with van der Waals surface area (Å²) in [5, 5.41) is 8.26. The van der Waals surface area contributed by atoms with Crippen LogP contribution in [0, 0.1) is 11.3 Å². The molecule has 0 unspecified atom stereocenters. The van der Waals surface area contributed by atoms with Gasteiger partial charge in [-0.15, -0.1) is 0 Å². The summed E-state index contributed by atoms with van der Waals surface area (Å²) in [4.78, 5) is 3.74. The van der Waals surface area contributed by atoms with E-state index in [0.29, 0.717) is 5.56 Å². The zero-order chi connectivity index (χ0) is 5.82. The van der Waals surface area contributed by atoms with E-state index in [1.807, 2.05) is 6.07 Å². The fourth-order valence-electron chi connectivity index (χ4n) is 0.426. The first kappa shape index (κ1) is 4.98. The van der Waals surface area contributed by atoms with Gasteiger partial charge in [0.25, 0.3) is 0 Å². The van der Waals surface area contributed by atoms with Gasteiger partial charge in [-0.05, 0) is 0 Å². The number of aromatic nitrogens is 1. The van der Waals surface area contributed by atoms with Crippen molar-refractivity contribution in [1.29, 1.82) is 5.26 Å². The number of rotatable bonds is 0. The monoisotopic (exact) mass is 102 g/mol. The molecule has 2 nitrogen and oxygen atoms in total. The van der Waals surface area contributed by atoms with E-state index in [2.05, 4.69) is 4.89 Å². The molecule has 0 amide bonds. The van der Waals surface area contributed by atoms with E-state index >= 15 is 0 Å². The molecule has 0 aromatic carbocycles. The quantitative estimate of drug-likeness (QED) is 0.472. The number of hydrogen-bond donors (Lipinski definition) is 0. The Morgan fingerprint density at radius 1 is 1.75 bits per heavy atom. The molecule has 0 aliphatic heterocycles. The standard InChI is InChI=1S/C5H3BN2/c7-4-5-1-2-8-6-3-5/h1-3H. The summed E-state index contributed by atoms with van der Waals surface area (Å²) in [7, 11) is 1.60. The van der Waals surface area contributed by atoms with Crippen molar-refractivity contribution in [2.45, 2.75) is 0 Å². The molecule has 36 valence electrons. The second kappa shape index (κ2) is 2.22. The van der Waals surface area contributed by atoms with E-state index in [1.165, 1.54) is 0 Å². The second-order valence-corrected chi connectivity index (χ2v) is 1.35. The number of nitrogens with zero attached hydrogens (tertiary/aromatic N) is 2. The number of hydrogen-bond acceptors (Lipinski definition) is 2. The van der Waals surface area contributed by atoms with Crippen LogP contribution in [-0.2, 0) is 0 Å². The first-order valence-electron chi connectivity index (χ1n) is 2.23. The van der Waals surface area contributed by atoms with Crippen LogP contribution in [0.2, 0.25) is 0 Å². The Bertz CT molecular complexity index is 201. The molecule has 0 spiro atoms. The van der Waals surface area contributed by atoms with Gasteiger partial charge in [-0.25, -0.2) is 0 Å². The second-order valence-electron chi connectivity index (χ2n) is 1.35. The Labute approximate surface area is 48.0 Å². The Kier molecular flexibility index (Phi) is 1.38. The minimum atomic E-state index is 0.653. The molecule has 1 aromatic heterocycles. The molecule has 3 heteroatoms. The molecule has 0 N–H and O–H groups in total. The van der Waals surface area contributed by atoms with Gasteiger partial charge in [0.15, 0.2) is 0 Å². The Morgan fingerprint density at radius 2 is 2.62 bits per heavy atom. The Morgan fingerprint density at radius 3 is 3.00 bits per heavy atom. The van der Waals surface area contributed by atoms with Crippen molar-refractivity contribution in [3.8, 4) is 6.07 Å². The molecular weight excluding hydrogens is 98.9 g/mol. The van der Waals surface area contributed by atoms with Crippen molar-refractivity contribution in [3.05, 3.63) is 23.8 Å². The van der Waals surface area contributed by atoms with Gasteiger partial charge >= 0.3 is 47.1 Å². The van der Waals surface area contributed by atoms with Crippen LogP contribution in [0.3, 0.4) is 0 Å². The van der Waals surface area contributed by atoms with Gasteiger partial charge in [-0.3, -0.25) is 0 Å². The van der Waals surface area contributed by atoms with Crippen LogP contribution >= 0.6 is 0 Å². The molecule has 0 aliphatic rings. The predicted molar refractivity (Wildman–Crippen MR) is 30.3 cm³/mol. The summed E-state index contributed by atoms with van der Waals surface area (Å²) < 4.78 is 0. The van der Waals surface area contributed by atoms with Crippen LogP contribution in [0.5, 0.6) is 0 Å². The van der Waals surface area contributed by atoms with E-state index in [-0.39, 0.29) is 0 Å². The van der Waals surface area contributed by atoms with Crippen LogP contribution in [0.1, 0.15) is 5.56 Å². The first-order chi connectivity index (χ1) is 3.93. The van der Waals surface area contributed by atoms with Crippen molar-refractivity contribution in [2.24, 2.45) is 0 Å². The molecule has 0 fully saturated rings. The van der Waals surface area contributed by atoms with Gasteiger partial charge in [0.1, 0.15) is 0 Å². The molecule has 1 rings (SSSR count). The maximum atomic E-state index is 8.26. The third-order valence-corrected chi connectivity index (χ3v) is 0.809. The fraction of sp³-hybridized carbons (Fsp3) is 0. The fourth-order valence-corrected chi connectivity index (χ4v) is 0.426. The van der Waals surface area contributed by atoms with Crippen molar-refractivity contribution in [2.75, 3.05) is 0 Å². The van der Waals surface area contributed by atoms with Gasteiger partial charge in [0, 0.05) is 0 Å². The molecule has 0 radical (unpaired) electrons. The molecule has 0 aliphatic carbocycles. The maximum absolute atomic E-state index is 8.26. The molecule has 1 aromatic rings. The summed E-state index contributed by atoms with van der Waals surface area (Å²) in [6, 6.07) is 3.65. The minimum absolute atomic E-state index is 0.653. The Balaban J connectivity index is 3.05. The van der Waals surface area contributed by atoms with Crippen molar-refractivity contribution in [3.63, 3.8) is 0 Å². The molecule has 0 saturated carbocycles.